The van der Waals surface area contributed by atoms with Crippen molar-refractivity contribution in [2.24, 2.45) is 11.8 Å². The van der Waals surface area contributed by atoms with Crippen molar-refractivity contribution >= 4 is 23.2 Å². The van der Waals surface area contributed by atoms with Crippen LogP contribution in [0.5, 0.6) is 0 Å². The van der Waals surface area contributed by atoms with Gasteiger partial charge in [0.05, 0.1) is 0 Å². The van der Waals surface area contributed by atoms with Crippen molar-refractivity contribution < 1.29 is 9.59 Å². The lowest BCUT2D eigenvalue weighted by molar-refractivity contribution is -0.117. The monoisotopic (exact) mass is 317 g/mol. The van der Waals surface area contributed by atoms with Crippen LogP contribution < -0.4 is 16.0 Å². The Morgan fingerprint density at radius 3 is 2.78 bits per heavy atom. The molecule has 2 atom stereocenters. The molecule has 3 N–H and O–H groups in total. The average molecular weight is 317 g/mol. The first kappa shape index (κ1) is 17.5. The first-order chi connectivity index (χ1) is 11.0. The van der Waals surface area contributed by atoms with Crippen molar-refractivity contribution in [3.8, 4) is 0 Å². The van der Waals surface area contributed by atoms with E-state index in [2.05, 4.69) is 22.9 Å². The molecule has 0 aromatic heterocycles. The summed E-state index contributed by atoms with van der Waals surface area (Å²) in [4.78, 5) is 23.5. The molecule has 0 radical (unpaired) electrons. The van der Waals surface area contributed by atoms with Gasteiger partial charge in [-0.2, -0.15) is 0 Å². The van der Waals surface area contributed by atoms with Crippen LogP contribution in [0.25, 0.3) is 0 Å². The molecular formula is C18H27N3O2. The van der Waals surface area contributed by atoms with Crippen molar-refractivity contribution in [2.45, 2.75) is 40.0 Å². The van der Waals surface area contributed by atoms with Crippen LogP contribution in [0, 0.1) is 18.8 Å². The van der Waals surface area contributed by atoms with Gasteiger partial charge < -0.3 is 16.0 Å². The van der Waals surface area contributed by atoms with Gasteiger partial charge in [0.15, 0.2) is 0 Å². The molecule has 1 fully saturated rings. The fourth-order valence-corrected chi connectivity index (χ4v) is 3.06. The molecule has 0 aliphatic carbocycles. The quantitative estimate of drug-likeness (QED) is 0.782. The third-order valence-electron chi connectivity index (χ3n) is 4.48. The molecule has 0 bridgehead atoms. The van der Waals surface area contributed by atoms with Gasteiger partial charge in [0, 0.05) is 24.7 Å². The molecule has 5 heteroatoms. The number of anilines is 2. The van der Waals surface area contributed by atoms with Gasteiger partial charge in [-0.3, -0.25) is 9.59 Å². The van der Waals surface area contributed by atoms with Gasteiger partial charge >= 0.3 is 0 Å². The summed E-state index contributed by atoms with van der Waals surface area (Å²) in [5.41, 5.74) is 2.44. The van der Waals surface area contributed by atoms with Gasteiger partial charge in [0.2, 0.25) is 11.8 Å². The summed E-state index contributed by atoms with van der Waals surface area (Å²) in [6, 6.07) is 5.54. The van der Waals surface area contributed by atoms with Crippen molar-refractivity contribution in [1.82, 2.24) is 5.32 Å². The maximum atomic E-state index is 12.3. The fraction of sp³-hybridized carbons (Fsp3) is 0.556. The minimum atomic E-state index is -0.121. The van der Waals surface area contributed by atoms with Crippen molar-refractivity contribution in [1.29, 1.82) is 0 Å². The van der Waals surface area contributed by atoms with E-state index in [1.54, 1.807) is 0 Å². The highest BCUT2D eigenvalue weighted by molar-refractivity contribution is 5.94. The first-order valence-electron chi connectivity index (χ1n) is 8.34. The molecule has 2 unspecified atom stereocenters. The minimum absolute atomic E-state index is 0.0335. The molecule has 2 rings (SSSR count). The Bertz CT molecular complexity index is 565. The summed E-state index contributed by atoms with van der Waals surface area (Å²) in [7, 11) is 0. The normalized spacial score (nSPS) is 19.0. The molecule has 0 saturated carbocycles. The van der Waals surface area contributed by atoms with E-state index in [9.17, 15) is 9.59 Å². The second-order valence-corrected chi connectivity index (χ2v) is 6.55. The highest BCUT2D eigenvalue weighted by Gasteiger charge is 2.22. The number of carbonyl (C=O) groups is 2. The Balaban J connectivity index is 1.94. The lowest BCUT2D eigenvalue weighted by Gasteiger charge is -2.28. The van der Waals surface area contributed by atoms with E-state index in [1.165, 1.54) is 19.8 Å². The summed E-state index contributed by atoms with van der Waals surface area (Å²) in [6.45, 7) is 7.66. The second-order valence-electron chi connectivity index (χ2n) is 6.55. The van der Waals surface area contributed by atoms with Crippen LogP contribution in [0.2, 0.25) is 0 Å². The van der Waals surface area contributed by atoms with E-state index in [4.69, 9.17) is 0 Å². The molecule has 23 heavy (non-hydrogen) atoms. The molecule has 0 spiro atoms. The van der Waals surface area contributed by atoms with Crippen molar-refractivity contribution in [3.05, 3.63) is 23.8 Å². The number of benzene rings is 1. The zero-order valence-corrected chi connectivity index (χ0v) is 14.2. The second kappa shape index (κ2) is 8.11. The van der Waals surface area contributed by atoms with Crippen LogP contribution in [0.3, 0.4) is 0 Å². The largest absolute Gasteiger partial charge is 0.326 e. The predicted molar refractivity (Wildman–Crippen MR) is 93.5 cm³/mol. The van der Waals surface area contributed by atoms with E-state index in [-0.39, 0.29) is 11.8 Å². The first-order valence-corrected chi connectivity index (χ1v) is 8.34. The van der Waals surface area contributed by atoms with Crippen LogP contribution in [0.4, 0.5) is 11.4 Å². The fourth-order valence-electron chi connectivity index (χ4n) is 3.06. The smallest absolute Gasteiger partial charge is 0.224 e. The summed E-state index contributed by atoms with van der Waals surface area (Å²) < 4.78 is 0. The maximum absolute atomic E-state index is 12.3. The van der Waals surface area contributed by atoms with Gasteiger partial charge in [-0.05, 0) is 62.4 Å². The summed E-state index contributed by atoms with van der Waals surface area (Å²) >= 11 is 0. The van der Waals surface area contributed by atoms with E-state index in [0.717, 1.165) is 24.3 Å². The molecule has 1 aromatic rings. The molecule has 2 amide bonds. The van der Waals surface area contributed by atoms with Gasteiger partial charge in [-0.1, -0.05) is 13.0 Å². The molecule has 1 aliphatic rings. The Labute approximate surface area is 138 Å². The Kier molecular flexibility index (Phi) is 6.16. The van der Waals surface area contributed by atoms with E-state index < -0.39 is 0 Å². The van der Waals surface area contributed by atoms with Crippen LogP contribution in [-0.4, -0.2) is 24.9 Å². The molecule has 1 aromatic carbocycles. The summed E-state index contributed by atoms with van der Waals surface area (Å²) in [5.74, 6) is 0.846. The zero-order valence-electron chi connectivity index (χ0n) is 14.2. The van der Waals surface area contributed by atoms with Crippen LogP contribution in [-0.2, 0) is 9.59 Å². The number of hydrogen-bond donors (Lipinski definition) is 3. The Morgan fingerprint density at radius 2 is 2.13 bits per heavy atom. The number of rotatable bonds is 5. The highest BCUT2D eigenvalue weighted by atomic mass is 16.2. The van der Waals surface area contributed by atoms with Crippen LogP contribution >= 0.6 is 0 Å². The van der Waals surface area contributed by atoms with E-state index in [1.807, 2.05) is 25.1 Å². The summed E-state index contributed by atoms with van der Waals surface area (Å²) in [6.07, 6.45) is 2.91. The third-order valence-corrected chi connectivity index (χ3v) is 4.48. The molecule has 1 heterocycles. The van der Waals surface area contributed by atoms with Gasteiger partial charge in [0.1, 0.15) is 0 Å². The minimum Gasteiger partial charge on any atom is -0.326 e. The van der Waals surface area contributed by atoms with Crippen molar-refractivity contribution in [3.63, 3.8) is 0 Å². The lowest BCUT2D eigenvalue weighted by Crippen LogP contribution is -2.34. The number of aryl methyl sites for hydroxylation is 1. The van der Waals surface area contributed by atoms with E-state index >= 15 is 0 Å². The zero-order chi connectivity index (χ0) is 16.8. The maximum Gasteiger partial charge on any atom is 0.224 e. The SMILES string of the molecule is CC(=O)Nc1ccc(C)c(NC(=O)CC(C)C2CCCNC2)c1. The number of piperidine rings is 1. The van der Waals surface area contributed by atoms with Crippen LogP contribution in [0.15, 0.2) is 18.2 Å². The number of amides is 2. The standard InChI is InChI=1S/C18H27N3O2/c1-12-6-7-16(20-14(3)22)10-17(12)21-18(23)9-13(2)15-5-4-8-19-11-15/h6-7,10,13,15,19H,4-5,8-9,11H2,1-3H3,(H,20,22)(H,21,23). The van der Waals surface area contributed by atoms with Gasteiger partial charge in [-0.25, -0.2) is 0 Å². The molecule has 5 nitrogen and oxygen atoms in total. The third kappa shape index (κ3) is 5.36. The topological polar surface area (TPSA) is 70.2 Å². The molecule has 126 valence electrons. The van der Waals surface area contributed by atoms with Crippen LogP contribution in [0.1, 0.15) is 38.7 Å². The van der Waals surface area contributed by atoms with Crippen molar-refractivity contribution in [2.75, 3.05) is 23.7 Å². The van der Waals surface area contributed by atoms with Gasteiger partial charge in [-0.15, -0.1) is 0 Å². The Morgan fingerprint density at radius 1 is 1.35 bits per heavy atom. The summed E-state index contributed by atoms with van der Waals surface area (Å²) in [5, 5.41) is 9.12. The molecular weight excluding hydrogens is 290 g/mol. The number of nitrogens with one attached hydrogen (secondary N) is 3. The van der Waals surface area contributed by atoms with Gasteiger partial charge in [0.25, 0.3) is 0 Å². The highest BCUT2D eigenvalue weighted by Crippen LogP contribution is 2.24. The van der Waals surface area contributed by atoms with E-state index in [0.29, 0.717) is 23.9 Å². The number of carbonyl (C=O) groups excluding carboxylic acids is 2. The molecule has 1 aliphatic heterocycles. The molecule has 1 saturated heterocycles. The number of hydrogen-bond acceptors (Lipinski definition) is 3. The Hall–Kier alpha value is -1.88. The predicted octanol–water partition coefficient (Wildman–Crippen LogP) is 2.92. The average Bonchev–Trinajstić information content (AvgIpc) is 2.51. The lowest BCUT2D eigenvalue weighted by atomic mass is 9.85.